The molecule has 150 valence electrons. The van der Waals surface area contributed by atoms with Gasteiger partial charge in [0.05, 0.1) is 4.90 Å². The monoisotopic (exact) mass is 392 g/mol. The Morgan fingerprint density at radius 1 is 1.26 bits per heavy atom. The second-order valence-electron chi connectivity index (χ2n) is 6.86. The minimum absolute atomic E-state index is 0.374. The number of unbranched alkanes of at least 4 members (excludes halogenated alkanes) is 1. The van der Waals surface area contributed by atoms with E-state index < -0.39 is 10.0 Å². The molecule has 0 aromatic heterocycles. The molecule has 6 nitrogen and oxygen atoms in total. The van der Waals surface area contributed by atoms with E-state index in [4.69, 9.17) is 0 Å². The van der Waals surface area contributed by atoms with Crippen molar-refractivity contribution in [2.24, 2.45) is 4.99 Å². The van der Waals surface area contributed by atoms with Gasteiger partial charge in [0.15, 0.2) is 5.96 Å². The topological polar surface area (TPSA) is 65.0 Å². The van der Waals surface area contributed by atoms with Crippen LogP contribution in [-0.4, -0.2) is 57.3 Å². The van der Waals surface area contributed by atoms with Crippen molar-refractivity contribution in [3.05, 3.63) is 42.5 Å². The Kier molecular flexibility index (Phi) is 8.31. The fraction of sp³-hybridized carbons (Fsp3) is 0.550. The maximum absolute atomic E-state index is 12.7. The molecule has 0 spiro atoms. The first kappa shape index (κ1) is 21.4. The highest BCUT2D eigenvalue weighted by atomic mass is 32.2. The van der Waals surface area contributed by atoms with E-state index in [0.717, 1.165) is 50.2 Å². The number of sulfonamides is 1. The molecule has 1 heterocycles. The summed E-state index contributed by atoms with van der Waals surface area (Å²) in [5.41, 5.74) is 1.02. The highest BCUT2D eigenvalue weighted by molar-refractivity contribution is 7.89. The van der Waals surface area contributed by atoms with Crippen LogP contribution in [0.25, 0.3) is 0 Å². The van der Waals surface area contributed by atoms with Gasteiger partial charge < -0.3 is 10.2 Å². The summed E-state index contributed by atoms with van der Waals surface area (Å²) in [4.78, 5) is 6.76. The van der Waals surface area contributed by atoms with Gasteiger partial charge in [-0.2, -0.15) is 4.31 Å². The van der Waals surface area contributed by atoms with Crippen LogP contribution in [0.1, 0.15) is 37.7 Å². The highest BCUT2D eigenvalue weighted by Gasteiger charge is 2.25. The van der Waals surface area contributed by atoms with Gasteiger partial charge in [0.2, 0.25) is 10.0 Å². The van der Waals surface area contributed by atoms with E-state index in [-0.39, 0.29) is 0 Å². The van der Waals surface area contributed by atoms with Crippen molar-refractivity contribution < 1.29 is 8.42 Å². The fourth-order valence-electron chi connectivity index (χ4n) is 3.18. The first-order valence-electron chi connectivity index (χ1n) is 9.61. The number of aliphatic imine (C=N–C) groups is 1. The van der Waals surface area contributed by atoms with Gasteiger partial charge in [0.25, 0.3) is 0 Å². The first-order valence-corrected chi connectivity index (χ1v) is 11.0. The molecule has 0 atom stereocenters. The molecular weight excluding hydrogens is 360 g/mol. The summed E-state index contributed by atoms with van der Waals surface area (Å²) < 4.78 is 27.0. The second kappa shape index (κ2) is 10.5. The third-order valence-electron chi connectivity index (χ3n) is 4.80. The summed E-state index contributed by atoms with van der Waals surface area (Å²) in [6, 6.07) is 7.15. The van der Waals surface area contributed by atoms with E-state index in [1.807, 2.05) is 25.3 Å². The van der Waals surface area contributed by atoms with E-state index in [9.17, 15) is 8.42 Å². The molecule has 0 saturated carbocycles. The maximum atomic E-state index is 12.7. The van der Waals surface area contributed by atoms with Gasteiger partial charge >= 0.3 is 0 Å². The number of rotatable bonds is 8. The van der Waals surface area contributed by atoms with Crippen molar-refractivity contribution in [2.45, 2.75) is 43.5 Å². The van der Waals surface area contributed by atoms with Gasteiger partial charge in [-0.1, -0.05) is 24.6 Å². The summed E-state index contributed by atoms with van der Waals surface area (Å²) in [5.74, 6) is 0.823. The van der Waals surface area contributed by atoms with Gasteiger partial charge in [0.1, 0.15) is 0 Å². The standard InChI is InChI=1S/C20H32N4O2S/c1-4-5-7-14-23(3)20(21-2)22-17-18-10-12-19(13-11-18)27(25,26)24-15-8-6-9-16-24/h4,10-13H,1,5-9,14-17H2,2-3H3,(H,21,22). The molecule has 0 amide bonds. The van der Waals surface area contributed by atoms with Gasteiger partial charge in [-0.05, 0) is 43.4 Å². The van der Waals surface area contributed by atoms with E-state index in [2.05, 4.69) is 21.8 Å². The first-order chi connectivity index (χ1) is 13.0. The van der Waals surface area contributed by atoms with Crippen molar-refractivity contribution in [2.75, 3.05) is 33.7 Å². The summed E-state index contributed by atoms with van der Waals surface area (Å²) in [6.07, 6.45) is 6.93. The quantitative estimate of drug-likeness (QED) is 0.320. The normalized spacial score (nSPS) is 16.1. The number of nitrogens with zero attached hydrogens (tertiary/aromatic N) is 3. The predicted molar refractivity (Wildman–Crippen MR) is 111 cm³/mol. The number of allylic oxidation sites excluding steroid dienone is 1. The molecule has 7 heteroatoms. The summed E-state index contributed by atoms with van der Waals surface area (Å²) in [7, 11) is 0.403. The Morgan fingerprint density at radius 3 is 2.52 bits per heavy atom. The zero-order chi connectivity index (χ0) is 19.7. The van der Waals surface area contributed by atoms with Gasteiger partial charge in [-0.15, -0.1) is 6.58 Å². The van der Waals surface area contributed by atoms with Crippen molar-refractivity contribution >= 4 is 16.0 Å². The molecule has 1 aromatic rings. The van der Waals surface area contributed by atoms with Crippen LogP contribution in [0.4, 0.5) is 0 Å². The Morgan fingerprint density at radius 2 is 1.93 bits per heavy atom. The minimum Gasteiger partial charge on any atom is -0.352 e. The highest BCUT2D eigenvalue weighted by Crippen LogP contribution is 2.20. The van der Waals surface area contributed by atoms with Crippen LogP contribution in [0, 0.1) is 0 Å². The molecular formula is C20H32N4O2S. The Balaban J connectivity index is 1.93. The summed E-state index contributed by atoms with van der Waals surface area (Å²) in [6.45, 7) is 6.49. The van der Waals surface area contributed by atoms with E-state index >= 15 is 0 Å². The van der Waals surface area contributed by atoms with Crippen LogP contribution in [0.5, 0.6) is 0 Å². The number of hydrogen-bond donors (Lipinski definition) is 1. The van der Waals surface area contributed by atoms with Crippen molar-refractivity contribution in [3.8, 4) is 0 Å². The molecule has 1 fully saturated rings. The minimum atomic E-state index is -3.37. The smallest absolute Gasteiger partial charge is 0.243 e. The number of piperidine rings is 1. The number of nitrogens with one attached hydrogen (secondary N) is 1. The van der Waals surface area contributed by atoms with Crippen LogP contribution in [0.2, 0.25) is 0 Å². The molecule has 0 unspecified atom stereocenters. The van der Waals surface area contributed by atoms with Gasteiger partial charge in [-0.25, -0.2) is 8.42 Å². The van der Waals surface area contributed by atoms with Crippen molar-refractivity contribution in [1.82, 2.24) is 14.5 Å². The number of guanidine groups is 1. The van der Waals surface area contributed by atoms with Crippen molar-refractivity contribution in [3.63, 3.8) is 0 Å². The van der Waals surface area contributed by atoms with Gasteiger partial charge in [-0.3, -0.25) is 4.99 Å². The predicted octanol–water partition coefficient (Wildman–Crippen LogP) is 2.83. The Hall–Kier alpha value is -1.86. The molecule has 0 radical (unpaired) electrons. The molecule has 1 aliphatic rings. The zero-order valence-electron chi connectivity index (χ0n) is 16.5. The van der Waals surface area contributed by atoms with Crippen LogP contribution in [0.3, 0.4) is 0 Å². The average Bonchev–Trinajstić information content (AvgIpc) is 2.69. The molecule has 1 saturated heterocycles. The van der Waals surface area contributed by atoms with Gasteiger partial charge in [0, 0.05) is 40.3 Å². The lowest BCUT2D eigenvalue weighted by Crippen LogP contribution is -2.39. The van der Waals surface area contributed by atoms with Crippen LogP contribution < -0.4 is 5.32 Å². The molecule has 1 aliphatic heterocycles. The lowest BCUT2D eigenvalue weighted by Gasteiger charge is -2.26. The molecule has 1 aromatic carbocycles. The molecule has 2 rings (SSSR count). The number of benzene rings is 1. The van der Waals surface area contributed by atoms with E-state index in [1.54, 1.807) is 23.5 Å². The van der Waals surface area contributed by atoms with Crippen LogP contribution >= 0.6 is 0 Å². The van der Waals surface area contributed by atoms with E-state index in [1.165, 1.54) is 0 Å². The average molecular weight is 393 g/mol. The second-order valence-corrected chi connectivity index (χ2v) is 8.80. The van der Waals surface area contributed by atoms with Crippen LogP contribution in [-0.2, 0) is 16.6 Å². The zero-order valence-corrected chi connectivity index (χ0v) is 17.3. The molecule has 0 bridgehead atoms. The SMILES string of the molecule is C=CCCCN(C)C(=NC)NCc1ccc(S(=O)(=O)N2CCCCC2)cc1. The summed E-state index contributed by atoms with van der Waals surface area (Å²) in [5, 5.41) is 3.32. The molecule has 27 heavy (non-hydrogen) atoms. The number of hydrogen-bond acceptors (Lipinski definition) is 3. The molecule has 0 aliphatic carbocycles. The molecule has 1 N–H and O–H groups in total. The Labute approximate surface area is 164 Å². The lowest BCUT2D eigenvalue weighted by molar-refractivity contribution is 0.346. The summed E-state index contributed by atoms with van der Waals surface area (Å²) >= 11 is 0. The van der Waals surface area contributed by atoms with E-state index in [0.29, 0.717) is 24.5 Å². The van der Waals surface area contributed by atoms with Crippen LogP contribution in [0.15, 0.2) is 46.8 Å². The third-order valence-corrected chi connectivity index (χ3v) is 6.71. The third kappa shape index (κ3) is 6.07. The Bertz CT molecular complexity index is 723. The lowest BCUT2D eigenvalue weighted by atomic mass is 10.2. The largest absolute Gasteiger partial charge is 0.352 e. The fourth-order valence-corrected chi connectivity index (χ4v) is 4.70. The maximum Gasteiger partial charge on any atom is 0.243 e. The van der Waals surface area contributed by atoms with Crippen molar-refractivity contribution in [1.29, 1.82) is 0 Å².